The Morgan fingerprint density at radius 1 is 1.15 bits per heavy atom. The summed E-state index contributed by atoms with van der Waals surface area (Å²) in [5.74, 6) is 1.77. The number of allylic oxidation sites excluding steroid dienone is 1. The second kappa shape index (κ2) is 9.13. The third-order valence-corrected chi connectivity index (χ3v) is 17.6. The molecular weight excluding hydrogens is 460 g/mol. The minimum Gasteiger partial charge on any atom is -0.414 e. The van der Waals surface area contributed by atoms with Gasteiger partial charge in [0.25, 0.3) is 0 Å². The largest absolute Gasteiger partial charge is 0.414 e. The maximum Gasteiger partial charge on any atom is 0.192 e. The summed E-state index contributed by atoms with van der Waals surface area (Å²) in [7, 11) is -5.00. The molecule has 4 aliphatic rings. The first-order chi connectivity index (χ1) is 15.7. The van der Waals surface area contributed by atoms with Crippen LogP contribution >= 0.6 is 0 Å². The molecular formula is C28H48O4SSi. The molecule has 0 N–H and O–H groups in total. The first-order valence-corrected chi connectivity index (χ1v) is 18.4. The SMILES string of the molecule is C[C@H](C=O)[C@H]1CCC2/C(=C/C3C4C[C@@H](O[Si](C)(C)C(C)(C)C)CCC4CS3(=O)=O)CCC[C@@]21C. The zero-order valence-corrected chi connectivity index (χ0v) is 24.4. The highest BCUT2D eigenvalue weighted by molar-refractivity contribution is 7.92. The van der Waals surface area contributed by atoms with Gasteiger partial charge in [-0.1, -0.05) is 46.3 Å². The molecule has 0 amide bonds. The van der Waals surface area contributed by atoms with Gasteiger partial charge in [0.05, 0.1) is 11.0 Å². The summed E-state index contributed by atoms with van der Waals surface area (Å²) in [6.07, 6.45) is 11.9. The molecule has 1 heterocycles. The normalized spacial score (nSPS) is 42.3. The minimum atomic E-state index is -3.12. The van der Waals surface area contributed by atoms with Crippen LogP contribution in [0.15, 0.2) is 11.6 Å². The zero-order chi connectivity index (χ0) is 25.1. The number of fused-ring (bicyclic) bond motifs is 2. The van der Waals surface area contributed by atoms with Gasteiger partial charge in [-0.05, 0) is 98.6 Å². The zero-order valence-electron chi connectivity index (χ0n) is 22.6. The van der Waals surface area contributed by atoms with E-state index >= 15 is 0 Å². The van der Waals surface area contributed by atoms with Gasteiger partial charge in [0, 0.05) is 12.0 Å². The average Bonchev–Trinajstić information content (AvgIpc) is 3.20. The fourth-order valence-corrected chi connectivity index (χ4v) is 11.8. The summed E-state index contributed by atoms with van der Waals surface area (Å²) in [6.45, 7) is 15.9. The number of hydrogen-bond donors (Lipinski definition) is 0. The van der Waals surface area contributed by atoms with E-state index in [0.29, 0.717) is 17.6 Å². The predicted molar refractivity (Wildman–Crippen MR) is 142 cm³/mol. The van der Waals surface area contributed by atoms with E-state index in [1.165, 1.54) is 5.57 Å². The smallest absolute Gasteiger partial charge is 0.192 e. The molecule has 4 unspecified atom stereocenters. The Hall–Kier alpha value is -0.463. The van der Waals surface area contributed by atoms with Crippen molar-refractivity contribution in [2.45, 2.75) is 115 Å². The third kappa shape index (κ3) is 4.65. The monoisotopic (exact) mass is 508 g/mol. The molecule has 0 bridgehead atoms. The molecule has 0 aromatic rings. The van der Waals surface area contributed by atoms with Crippen molar-refractivity contribution in [2.24, 2.45) is 35.0 Å². The van der Waals surface area contributed by atoms with Gasteiger partial charge in [0.2, 0.25) is 0 Å². The standard InChI is InChI=1S/C28H48O4SSi/c1-19(17-29)24-12-13-25-20(9-8-14-28(24,25)5)15-26-23-16-22(32-34(6,7)27(2,3)4)11-10-21(23)18-33(26,30)31/h15,17,19,21-26H,8-14,16,18H2,1-7H3/b20-15+/t19-,21?,22+,23?,24-,25?,26?,28-/m1/s1. The predicted octanol–water partition coefficient (Wildman–Crippen LogP) is 6.57. The Kier molecular flexibility index (Phi) is 7.14. The molecule has 6 heteroatoms. The molecule has 4 rings (SSSR count). The highest BCUT2D eigenvalue weighted by Gasteiger charge is 2.53. The van der Waals surface area contributed by atoms with Crippen LogP contribution in [0.4, 0.5) is 0 Å². The second-order valence-electron chi connectivity index (χ2n) is 13.9. The van der Waals surface area contributed by atoms with Crippen molar-refractivity contribution >= 4 is 24.4 Å². The van der Waals surface area contributed by atoms with Gasteiger partial charge < -0.3 is 9.22 Å². The number of aldehydes is 1. The van der Waals surface area contributed by atoms with Gasteiger partial charge in [-0.3, -0.25) is 0 Å². The maximum absolute atomic E-state index is 13.4. The van der Waals surface area contributed by atoms with E-state index in [0.717, 1.165) is 57.7 Å². The van der Waals surface area contributed by atoms with Gasteiger partial charge >= 0.3 is 0 Å². The van der Waals surface area contributed by atoms with Crippen molar-refractivity contribution in [2.75, 3.05) is 5.75 Å². The molecule has 8 atom stereocenters. The van der Waals surface area contributed by atoms with Crippen molar-refractivity contribution < 1.29 is 17.6 Å². The summed E-state index contributed by atoms with van der Waals surface area (Å²) in [5, 5.41) is -0.180. The van der Waals surface area contributed by atoms with Crippen LogP contribution < -0.4 is 0 Å². The quantitative estimate of drug-likeness (QED) is 0.239. The molecule has 0 radical (unpaired) electrons. The van der Waals surface area contributed by atoms with E-state index in [9.17, 15) is 13.2 Å². The summed E-state index contributed by atoms with van der Waals surface area (Å²) in [5.41, 5.74) is 1.52. The molecule has 0 aromatic carbocycles. The lowest BCUT2D eigenvalue weighted by molar-refractivity contribution is -0.113. The van der Waals surface area contributed by atoms with E-state index in [1.54, 1.807) is 0 Å². The highest BCUT2D eigenvalue weighted by atomic mass is 32.2. The van der Waals surface area contributed by atoms with Gasteiger partial charge in [-0.15, -0.1) is 0 Å². The Balaban J connectivity index is 1.58. The van der Waals surface area contributed by atoms with E-state index < -0.39 is 18.2 Å². The molecule has 4 nitrogen and oxygen atoms in total. The summed E-state index contributed by atoms with van der Waals surface area (Å²) < 4.78 is 33.6. The van der Waals surface area contributed by atoms with Crippen molar-refractivity contribution in [1.82, 2.24) is 0 Å². The van der Waals surface area contributed by atoms with Gasteiger partial charge in [-0.25, -0.2) is 8.42 Å². The minimum absolute atomic E-state index is 0.0838. The van der Waals surface area contributed by atoms with Crippen molar-refractivity contribution in [3.05, 3.63) is 11.6 Å². The number of carbonyl (C=O) groups excluding carboxylic acids is 1. The maximum atomic E-state index is 13.4. The van der Waals surface area contributed by atoms with Crippen molar-refractivity contribution in [3.8, 4) is 0 Å². The van der Waals surface area contributed by atoms with Crippen LogP contribution in [-0.4, -0.2) is 40.1 Å². The number of hydrogen-bond acceptors (Lipinski definition) is 4. The van der Waals surface area contributed by atoms with Gasteiger partial charge in [0.1, 0.15) is 6.29 Å². The van der Waals surface area contributed by atoms with Crippen LogP contribution in [0.3, 0.4) is 0 Å². The fourth-order valence-electron chi connectivity index (χ4n) is 7.89. The molecule has 3 aliphatic carbocycles. The molecule has 1 saturated heterocycles. The topological polar surface area (TPSA) is 60.4 Å². The van der Waals surface area contributed by atoms with Crippen LogP contribution in [0, 0.1) is 35.0 Å². The second-order valence-corrected chi connectivity index (χ2v) is 20.8. The Labute approximate surface area is 209 Å². The summed E-state index contributed by atoms with van der Waals surface area (Å²) >= 11 is 0. The lowest BCUT2D eigenvalue weighted by Crippen LogP contribution is -2.46. The molecule has 1 aliphatic heterocycles. The number of rotatable bonds is 5. The van der Waals surface area contributed by atoms with Gasteiger partial charge in [-0.2, -0.15) is 0 Å². The van der Waals surface area contributed by atoms with Crippen LogP contribution in [0.1, 0.15) is 86.0 Å². The van der Waals surface area contributed by atoms with E-state index in [-0.39, 0.29) is 39.6 Å². The molecule has 3 saturated carbocycles. The van der Waals surface area contributed by atoms with Crippen LogP contribution in [0.2, 0.25) is 18.1 Å². The van der Waals surface area contributed by atoms with E-state index in [1.807, 2.05) is 0 Å². The Morgan fingerprint density at radius 3 is 2.50 bits per heavy atom. The van der Waals surface area contributed by atoms with Gasteiger partial charge in [0.15, 0.2) is 18.2 Å². The molecule has 4 fully saturated rings. The van der Waals surface area contributed by atoms with Crippen molar-refractivity contribution in [3.63, 3.8) is 0 Å². The summed E-state index contributed by atoms with van der Waals surface area (Å²) in [4.78, 5) is 11.6. The Bertz CT molecular complexity index is 917. The highest BCUT2D eigenvalue weighted by Crippen LogP contribution is 2.59. The van der Waals surface area contributed by atoms with Crippen LogP contribution in [-0.2, 0) is 19.1 Å². The van der Waals surface area contributed by atoms with E-state index in [2.05, 4.69) is 53.8 Å². The lowest BCUT2D eigenvalue weighted by Gasteiger charge is -2.44. The Morgan fingerprint density at radius 2 is 1.85 bits per heavy atom. The van der Waals surface area contributed by atoms with Crippen molar-refractivity contribution in [1.29, 1.82) is 0 Å². The fraction of sp³-hybridized carbons (Fsp3) is 0.893. The summed E-state index contributed by atoms with van der Waals surface area (Å²) in [6, 6.07) is 0. The van der Waals surface area contributed by atoms with E-state index in [4.69, 9.17) is 4.43 Å². The first-order valence-electron chi connectivity index (χ1n) is 13.7. The number of sulfone groups is 1. The lowest BCUT2D eigenvalue weighted by atomic mass is 9.61. The molecule has 194 valence electrons. The third-order valence-electron chi connectivity index (χ3n) is 10.8. The molecule has 0 spiro atoms. The molecule has 34 heavy (non-hydrogen) atoms. The first kappa shape index (κ1) is 26.6. The van der Waals surface area contributed by atoms with Crippen LogP contribution in [0.25, 0.3) is 0 Å². The van der Waals surface area contributed by atoms with Crippen LogP contribution in [0.5, 0.6) is 0 Å². The average molecular weight is 509 g/mol. The number of carbonyl (C=O) groups is 1. The molecule has 0 aromatic heterocycles.